The van der Waals surface area contributed by atoms with Crippen molar-refractivity contribution in [3.63, 3.8) is 0 Å². The molecule has 0 aliphatic rings. The molecule has 4 nitrogen and oxygen atoms in total. The van der Waals surface area contributed by atoms with Crippen LogP contribution in [-0.4, -0.2) is 31.1 Å². The number of nitrogens with zero attached hydrogens (tertiary/aromatic N) is 1. The van der Waals surface area contributed by atoms with Gasteiger partial charge in [-0.05, 0) is 51.7 Å². The van der Waals surface area contributed by atoms with Gasteiger partial charge in [0.15, 0.2) is 0 Å². The smallest absolute Gasteiger partial charge is 0.249 e. The molecule has 1 atom stereocenters. The Morgan fingerprint density at radius 2 is 0.867 bits per heavy atom. The van der Waals surface area contributed by atoms with Crippen molar-refractivity contribution in [3.05, 3.63) is 26.0 Å². The minimum absolute atomic E-state index is 0.315. The van der Waals surface area contributed by atoms with Crippen molar-refractivity contribution < 1.29 is 0 Å². The molecule has 0 fully saturated rings. The molecule has 1 rings (SSSR count). The predicted molar refractivity (Wildman–Crippen MR) is 201 cm³/mol. The molecule has 1 N–H and O–H groups in total. The van der Waals surface area contributed by atoms with Crippen LogP contribution in [0.15, 0.2) is 9.59 Å². The molecule has 0 aromatic heterocycles. The van der Waals surface area contributed by atoms with Crippen molar-refractivity contribution in [2.24, 2.45) is 5.92 Å². The largest absolute Gasteiger partial charge is 0.381 e. The number of unbranched alkanes of at least 4 members (excludes halogenated alkanes) is 20. The van der Waals surface area contributed by atoms with E-state index in [0.717, 1.165) is 25.4 Å². The Bertz CT molecular complexity index is 843. The molecule has 0 radical (unpaired) electrons. The molecule has 45 heavy (non-hydrogen) atoms. The van der Waals surface area contributed by atoms with Gasteiger partial charge in [0.1, 0.15) is 0 Å². The van der Waals surface area contributed by atoms with Crippen LogP contribution in [-0.2, 0) is 0 Å². The molecule has 0 saturated carbocycles. The summed E-state index contributed by atoms with van der Waals surface area (Å²) in [6.07, 6.45) is 38.9. The fourth-order valence-electron chi connectivity index (χ4n) is 7.10. The maximum atomic E-state index is 11.8. The number of anilines is 1. The van der Waals surface area contributed by atoms with Gasteiger partial charge in [0.25, 0.3) is 0 Å². The van der Waals surface area contributed by atoms with E-state index >= 15 is 0 Å². The van der Waals surface area contributed by atoms with E-state index in [1.807, 2.05) is 0 Å². The van der Waals surface area contributed by atoms with Gasteiger partial charge in [-0.2, -0.15) is 0 Å². The lowest BCUT2D eigenvalue weighted by Gasteiger charge is -2.23. The predicted octanol–water partition coefficient (Wildman–Crippen LogP) is 11.9. The Kier molecular flexibility index (Phi) is 28.1. The summed E-state index contributed by atoms with van der Waals surface area (Å²) in [5, 5.41) is 3.23. The van der Waals surface area contributed by atoms with Gasteiger partial charge in [-0.3, -0.25) is 9.59 Å². The van der Waals surface area contributed by atoms with Crippen molar-refractivity contribution in [1.29, 1.82) is 0 Å². The van der Waals surface area contributed by atoms with Gasteiger partial charge in [-0.15, -0.1) is 0 Å². The molecule has 0 bridgehead atoms. The van der Waals surface area contributed by atoms with E-state index in [1.54, 1.807) is 6.92 Å². The summed E-state index contributed by atoms with van der Waals surface area (Å²) < 4.78 is 0. The highest BCUT2D eigenvalue weighted by Gasteiger charge is 2.16. The van der Waals surface area contributed by atoms with E-state index in [1.165, 1.54) is 186 Å². The summed E-state index contributed by atoms with van der Waals surface area (Å²) in [7, 11) is 0. The third-order valence-electron chi connectivity index (χ3n) is 10.2. The summed E-state index contributed by atoms with van der Waals surface area (Å²) in [6.45, 7) is 13.0. The molecular weight excluding hydrogens is 552 g/mol. The Morgan fingerprint density at radius 1 is 0.467 bits per heavy atom. The average Bonchev–Trinajstić information content (AvgIpc) is 3.05. The average molecular weight is 631 g/mol. The standard InChI is InChI=1S/C41H78N2O2/c1-5-8-10-12-13-14-15-16-17-18-19-20-23-27-34-43(36-29-33-42-39-37(4)40(44)41(39)45)35-28-24-21-22-26-32-38(30-7-3)31-25-11-9-6-2/h38,42H,5-36H2,1-4H3. The molecule has 1 unspecified atom stereocenters. The van der Waals surface area contributed by atoms with Crippen LogP contribution in [0.4, 0.5) is 5.69 Å². The maximum Gasteiger partial charge on any atom is 0.249 e. The Morgan fingerprint density at radius 3 is 1.31 bits per heavy atom. The Hall–Kier alpha value is -1.16. The van der Waals surface area contributed by atoms with Gasteiger partial charge in [-0.25, -0.2) is 0 Å². The Labute approximate surface area is 281 Å². The highest BCUT2D eigenvalue weighted by atomic mass is 16.2. The number of hydrogen-bond donors (Lipinski definition) is 1. The monoisotopic (exact) mass is 631 g/mol. The molecule has 0 aliphatic carbocycles. The second-order valence-corrected chi connectivity index (χ2v) is 14.4. The number of rotatable bonds is 35. The van der Waals surface area contributed by atoms with E-state index in [-0.39, 0.29) is 10.9 Å². The third kappa shape index (κ3) is 22.1. The summed E-state index contributed by atoms with van der Waals surface area (Å²) >= 11 is 0. The van der Waals surface area contributed by atoms with Crippen LogP contribution >= 0.6 is 0 Å². The minimum Gasteiger partial charge on any atom is -0.381 e. The summed E-state index contributed by atoms with van der Waals surface area (Å²) in [5.74, 6) is 0.967. The molecule has 0 saturated heterocycles. The first kappa shape index (κ1) is 41.9. The number of nitrogens with one attached hydrogen (secondary N) is 1. The molecule has 264 valence electrons. The second-order valence-electron chi connectivity index (χ2n) is 14.4. The highest BCUT2D eigenvalue weighted by molar-refractivity contribution is 5.55. The van der Waals surface area contributed by atoms with Gasteiger partial charge in [0, 0.05) is 12.1 Å². The fraction of sp³-hybridized carbons (Fsp3) is 0.902. The zero-order valence-electron chi connectivity index (χ0n) is 31.0. The van der Waals surface area contributed by atoms with Crippen molar-refractivity contribution in [1.82, 2.24) is 4.90 Å². The van der Waals surface area contributed by atoms with Gasteiger partial charge in [0.05, 0.1) is 5.69 Å². The van der Waals surface area contributed by atoms with Crippen LogP contribution in [0, 0.1) is 12.8 Å². The van der Waals surface area contributed by atoms with Crippen LogP contribution in [0.3, 0.4) is 0 Å². The summed E-state index contributed by atoms with van der Waals surface area (Å²) in [6, 6.07) is 0. The third-order valence-corrected chi connectivity index (χ3v) is 10.2. The zero-order chi connectivity index (χ0) is 32.8. The molecule has 0 amide bonds. The van der Waals surface area contributed by atoms with Crippen LogP contribution in [0.2, 0.25) is 0 Å². The summed E-state index contributed by atoms with van der Waals surface area (Å²) in [5.41, 5.74) is 0.520. The molecular formula is C41H78N2O2. The molecule has 0 heterocycles. The van der Waals surface area contributed by atoms with Crippen LogP contribution < -0.4 is 16.2 Å². The topological polar surface area (TPSA) is 49.4 Å². The molecule has 0 aliphatic heterocycles. The van der Waals surface area contributed by atoms with Crippen molar-refractivity contribution in [3.8, 4) is 0 Å². The van der Waals surface area contributed by atoms with Gasteiger partial charge < -0.3 is 10.2 Å². The normalized spacial score (nSPS) is 12.5. The molecule has 0 spiro atoms. The lowest BCUT2D eigenvalue weighted by Crippen LogP contribution is -2.37. The van der Waals surface area contributed by atoms with E-state index in [2.05, 4.69) is 31.0 Å². The van der Waals surface area contributed by atoms with Crippen LogP contribution in [0.1, 0.15) is 206 Å². The molecule has 4 heteroatoms. The van der Waals surface area contributed by atoms with Gasteiger partial charge in [0.2, 0.25) is 10.9 Å². The van der Waals surface area contributed by atoms with Crippen LogP contribution in [0.5, 0.6) is 0 Å². The van der Waals surface area contributed by atoms with Crippen molar-refractivity contribution >= 4 is 5.69 Å². The first-order valence-corrected chi connectivity index (χ1v) is 20.3. The highest BCUT2D eigenvalue weighted by Crippen LogP contribution is 2.23. The second kappa shape index (κ2) is 30.2. The van der Waals surface area contributed by atoms with E-state index in [0.29, 0.717) is 11.3 Å². The molecule has 1 aromatic rings. The van der Waals surface area contributed by atoms with Gasteiger partial charge >= 0.3 is 0 Å². The quantitative estimate of drug-likeness (QED) is 0.0599. The van der Waals surface area contributed by atoms with E-state index < -0.39 is 0 Å². The van der Waals surface area contributed by atoms with Crippen molar-refractivity contribution in [2.75, 3.05) is 31.5 Å². The van der Waals surface area contributed by atoms with Crippen molar-refractivity contribution in [2.45, 2.75) is 207 Å². The van der Waals surface area contributed by atoms with Gasteiger partial charge in [-0.1, -0.05) is 181 Å². The van der Waals surface area contributed by atoms with E-state index in [9.17, 15) is 9.59 Å². The Balaban J connectivity index is 2.22. The summed E-state index contributed by atoms with van der Waals surface area (Å²) in [4.78, 5) is 25.9. The fourth-order valence-corrected chi connectivity index (χ4v) is 7.10. The lowest BCUT2D eigenvalue weighted by molar-refractivity contribution is 0.259. The zero-order valence-corrected chi connectivity index (χ0v) is 31.0. The maximum absolute atomic E-state index is 11.8. The number of hydrogen-bond acceptors (Lipinski definition) is 4. The first-order chi connectivity index (χ1) is 22.0. The SMILES string of the molecule is CCCCCCCCCCCCCCCCN(CCCCCCCC(CCC)CCCCCC)CCCNc1c(C)c(=O)c1=O. The van der Waals surface area contributed by atoms with E-state index in [4.69, 9.17) is 0 Å². The lowest BCUT2D eigenvalue weighted by atomic mass is 9.91. The van der Waals surface area contributed by atoms with Crippen LogP contribution in [0.25, 0.3) is 0 Å². The minimum atomic E-state index is -0.329. The molecule has 1 aromatic carbocycles. The first-order valence-electron chi connectivity index (χ1n) is 20.3.